The Morgan fingerprint density at radius 3 is 2.53 bits per heavy atom. The van der Waals surface area contributed by atoms with Gasteiger partial charge in [0.25, 0.3) is 0 Å². The third-order valence-electron chi connectivity index (χ3n) is 3.15. The van der Waals surface area contributed by atoms with Gasteiger partial charge >= 0.3 is 0 Å². The van der Waals surface area contributed by atoms with Crippen LogP contribution in [0.2, 0.25) is 0 Å². The van der Waals surface area contributed by atoms with Crippen LogP contribution in [0.4, 0.5) is 5.69 Å². The fourth-order valence-electron chi connectivity index (χ4n) is 2.35. The number of anilines is 1. The second kappa shape index (κ2) is 7.52. The molecule has 1 atom stereocenters. The molecule has 0 heterocycles. The summed E-state index contributed by atoms with van der Waals surface area (Å²) in [7, 11) is 4.15. The highest BCUT2D eigenvalue weighted by molar-refractivity contribution is 9.08. The lowest BCUT2D eigenvalue weighted by Gasteiger charge is -2.32. The minimum absolute atomic E-state index is 0.377. The molecule has 1 unspecified atom stereocenters. The summed E-state index contributed by atoms with van der Waals surface area (Å²) >= 11 is 3.43. The standard InChI is InChI=1S/C15H22BrN3/c1-5-19(12(2)11-18(3)4)15-7-6-13(9-16)8-14(15)10-17/h6-8,12H,5,9,11H2,1-4H3. The van der Waals surface area contributed by atoms with E-state index in [1.54, 1.807) is 0 Å². The van der Waals surface area contributed by atoms with Gasteiger partial charge in [0, 0.05) is 24.5 Å². The molecule has 0 aliphatic heterocycles. The highest BCUT2D eigenvalue weighted by Gasteiger charge is 2.17. The van der Waals surface area contributed by atoms with Gasteiger partial charge in [0.05, 0.1) is 11.3 Å². The summed E-state index contributed by atoms with van der Waals surface area (Å²) in [6.07, 6.45) is 0. The van der Waals surface area contributed by atoms with Crippen LogP contribution in [-0.4, -0.2) is 38.1 Å². The van der Waals surface area contributed by atoms with Crippen LogP contribution in [0.1, 0.15) is 25.0 Å². The quantitative estimate of drug-likeness (QED) is 0.753. The average molecular weight is 324 g/mol. The van der Waals surface area contributed by atoms with Gasteiger partial charge in [-0.3, -0.25) is 0 Å². The van der Waals surface area contributed by atoms with Gasteiger partial charge < -0.3 is 9.80 Å². The molecular weight excluding hydrogens is 302 g/mol. The number of halogens is 1. The lowest BCUT2D eigenvalue weighted by atomic mass is 10.1. The number of likely N-dealkylation sites (N-methyl/N-ethyl adjacent to an activating group) is 2. The minimum atomic E-state index is 0.377. The third-order valence-corrected chi connectivity index (χ3v) is 3.79. The van der Waals surface area contributed by atoms with Gasteiger partial charge in [-0.05, 0) is 45.6 Å². The van der Waals surface area contributed by atoms with E-state index in [4.69, 9.17) is 0 Å². The van der Waals surface area contributed by atoms with Crippen LogP contribution in [-0.2, 0) is 5.33 Å². The molecule has 19 heavy (non-hydrogen) atoms. The lowest BCUT2D eigenvalue weighted by molar-refractivity contribution is 0.373. The van der Waals surface area contributed by atoms with Crippen molar-refractivity contribution in [2.24, 2.45) is 0 Å². The molecule has 0 bridgehead atoms. The summed E-state index contributed by atoms with van der Waals surface area (Å²) in [5.74, 6) is 0. The minimum Gasteiger partial charge on any atom is -0.367 e. The van der Waals surface area contributed by atoms with Gasteiger partial charge in [-0.2, -0.15) is 5.26 Å². The molecule has 0 aliphatic rings. The van der Waals surface area contributed by atoms with Crippen molar-refractivity contribution in [1.29, 1.82) is 5.26 Å². The average Bonchev–Trinajstić information content (AvgIpc) is 2.39. The number of rotatable bonds is 6. The smallest absolute Gasteiger partial charge is 0.101 e. The molecule has 0 N–H and O–H groups in total. The first kappa shape index (κ1) is 16.0. The van der Waals surface area contributed by atoms with Crippen molar-refractivity contribution in [3.05, 3.63) is 29.3 Å². The summed E-state index contributed by atoms with van der Waals surface area (Å²) < 4.78 is 0. The number of nitrogens with zero attached hydrogens (tertiary/aromatic N) is 3. The molecule has 1 rings (SSSR count). The van der Waals surface area contributed by atoms with Crippen molar-refractivity contribution in [2.45, 2.75) is 25.2 Å². The number of benzene rings is 1. The molecule has 0 fully saturated rings. The van der Waals surface area contributed by atoms with Crippen LogP contribution in [0.5, 0.6) is 0 Å². The predicted molar refractivity (Wildman–Crippen MR) is 84.8 cm³/mol. The molecule has 1 aromatic carbocycles. The molecule has 0 radical (unpaired) electrons. The summed E-state index contributed by atoms with van der Waals surface area (Å²) in [5.41, 5.74) is 2.92. The van der Waals surface area contributed by atoms with E-state index in [0.29, 0.717) is 6.04 Å². The van der Waals surface area contributed by atoms with E-state index < -0.39 is 0 Å². The second-order valence-electron chi connectivity index (χ2n) is 4.99. The molecule has 0 spiro atoms. The monoisotopic (exact) mass is 323 g/mol. The predicted octanol–water partition coefficient (Wildman–Crippen LogP) is 3.23. The van der Waals surface area contributed by atoms with Crippen LogP contribution >= 0.6 is 15.9 Å². The van der Waals surface area contributed by atoms with Crippen molar-refractivity contribution in [3.63, 3.8) is 0 Å². The molecule has 0 aromatic heterocycles. The molecule has 0 saturated heterocycles. The zero-order valence-corrected chi connectivity index (χ0v) is 13.7. The van der Waals surface area contributed by atoms with Gasteiger partial charge in [0.2, 0.25) is 0 Å². The van der Waals surface area contributed by atoms with E-state index in [1.807, 2.05) is 6.07 Å². The Kier molecular flexibility index (Phi) is 6.33. The SMILES string of the molecule is CCN(c1ccc(CBr)cc1C#N)C(C)CN(C)C. The fourth-order valence-corrected chi connectivity index (χ4v) is 2.70. The number of alkyl halides is 1. The van der Waals surface area contributed by atoms with E-state index in [9.17, 15) is 5.26 Å². The van der Waals surface area contributed by atoms with Crippen LogP contribution < -0.4 is 4.90 Å². The molecule has 0 saturated carbocycles. The van der Waals surface area contributed by atoms with Gasteiger partial charge in [-0.1, -0.05) is 22.0 Å². The van der Waals surface area contributed by atoms with Crippen molar-refractivity contribution in [1.82, 2.24) is 4.90 Å². The van der Waals surface area contributed by atoms with E-state index in [2.05, 4.69) is 71.9 Å². The van der Waals surface area contributed by atoms with E-state index in [-0.39, 0.29) is 0 Å². The maximum Gasteiger partial charge on any atom is 0.101 e. The fraction of sp³-hybridized carbons (Fsp3) is 0.533. The van der Waals surface area contributed by atoms with Gasteiger partial charge in [-0.25, -0.2) is 0 Å². The lowest BCUT2D eigenvalue weighted by Crippen LogP contribution is -2.40. The van der Waals surface area contributed by atoms with Crippen molar-refractivity contribution in [3.8, 4) is 6.07 Å². The topological polar surface area (TPSA) is 30.3 Å². The van der Waals surface area contributed by atoms with Gasteiger partial charge in [-0.15, -0.1) is 0 Å². The Labute approximate surface area is 124 Å². The number of hydrogen-bond acceptors (Lipinski definition) is 3. The molecule has 1 aromatic rings. The van der Waals surface area contributed by atoms with E-state index in [0.717, 1.165) is 35.2 Å². The van der Waals surface area contributed by atoms with Gasteiger partial charge in [0.15, 0.2) is 0 Å². The first-order chi connectivity index (χ1) is 9.03. The Morgan fingerprint density at radius 1 is 1.37 bits per heavy atom. The van der Waals surface area contributed by atoms with E-state index in [1.165, 1.54) is 0 Å². The summed E-state index contributed by atoms with van der Waals surface area (Å²) in [5, 5.41) is 10.1. The zero-order valence-electron chi connectivity index (χ0n) is 12.2. The van der Waals surface area contributed by atoms with Crippen LogP contribution in [0, 0.1) is 11.3 Å². The normalized spacial score (nSPS) is 12.3. The first-order valence-electron chi connectivity index (χ1n) is 6.53. The van der Waals surface area contributed by atoms with Gasteiger partial charge in [0.1, 0.15) is 6.07 Å². The number of nitriles is 1. The van der Waals surface area contributed by atoms with Crippen LogP contribution in [0.25, 0.3) is 0 Å². The zero-order chi connectivity index (χ0) is 14.4. The molecular formula is C15H22BrN3. The summed E-state index contributed by atoms with van der Waals surface area (Å²) in [6.45, 7) is 6.20. The Balaban J connectivity index is 3.08. The maximum atomic E-state index is 9.34. The van der Waals surface area contributed by atoms with Crippen molar-refractivity contribution >= 4 is 21.6 Å². The summed E-state index contributed by atoms with van der Waals surface area (Å²) in [4.78, 5) is 4.46. The maximum absolute atomic E-state index is 9.34. The Bertz CT molecular complexity index is 451. The number of hydrogen-bond donors (Lipinski definition) is 0. The van der Waals surface area contributed by atoms with E-state index >= 15 is 0 Å². The highest BCUT2D eigenvalue weighted by Crippen LogP contribution is 2.24. The molecule has 0 aliphatic carbocycles. The first-order valence-corrected chi connectivity index (χ1v) is 7.66. The van der Waals surface area contributed by atoms with Crippen LogP contribution in [0.3, 0.4) is 0 Å². The highest BCUT2D eigenvalue weighted by atomic mass is 79.9. The Hall–Kier alpha value is -1.05. The molecule has 3 nitrogen and oxygen atoms in total. The Morgan fingerprint density at radius 2 is 2.05 bits per heavy atom. The van der Waals surface area contributed by atoms with Crippen LogP contribution in [0.15, 0.2) is 18.2 Å². The third kappa shape index (κ3) is 4.22. The molecule has 4 heteroatoms. The molecule has 0 amide bonds. The van der Waals surface area contributed by atoms with Crippen molar-refractivity contribution in [2.75, 3.05) is 32.1 Å². The molecule has 104 valence electrons. The summed E-state index contributed by atoms with van der Waals surface area (Å²) in [6, 6.07) is 8.80. The second-order valence-corrected chi connectivity index (χ2v) is 5.55. The largest absolute Gasteiger partial charge is 0.367 e. The van der Waals surface area contributed by atoms with Crippen molar-refractivity contribution < 1.29 is 0 Å².